The molecule has 1 atom stereocenters. The molecule has 0 aromatic heterocycles. The van der Waals surface area contributed by atoms with E-state index >= 15 is 0 Å². The first-order valence-electron chi connectivity index (χ1n) is 6.70. The molecule has 20 heavy (non-hydrogen) atoms. The number of hydrogen-bond acceptors (Lipinski definition) is 3. The Morgan fingerprint density at radius 2 is 1.90 bits per heavy atom. The van der Waals surface area contributed by atoms with Crippen LogP contribution in [0.5, 0.6) is 0 Å². The lowest BCUT2D eigenvalue weighted by Crippen LogP contribution is -2.30. The highest BCUT2D eigenvalue weighted by Gasteiger charge is 2.19. The topological polar surface area (TPSA) is 58.2 Å². The zero-order chi connectivity index (χ0) is 15.3. The third-order valence-corrected chi connectivity index (χ3v) is 5.82. The third-order valence-electron chi connectivity index (χ3n) is 3.40. The summed E-state index contributed by atoms with van der Waals surface area (Å²) in [7, 11) is -1.65. The van der Waals surface area contributed by atoms with Gasteiger partial charge in [0.2, 0.25) is 10.0 Å². The lowest BCUT2D eigenvalue weighted by molar-refractivity contribution is 0.414. The predicted octanol–water partition coefficient (Wildman–Crippen LogP) is 2.74. The van der Waals surface area contributed by atoms with E-state index in [-0.39, 0.29) is 0 Å². The van der Waals surface area contributed by atoms with Crippen LogP contribution in [0.15, 0.2) is 27.6 Å². The van der Waals surface area contributed by atoms with Crippen molar-refractivity contribution < 1.29 is 8.42 Å². The molecule has 0 aliphatic heterocycles. The second kappa shape index (κ2) is 7.54. The maximum absolute atomic E-state index is 12.4. The summed E-state index contributed by atoms with van der Waals surface area (Å²) in [4.78, 5) is 0.293. The zero-order valence-corrected chi connectivity index (χ0v) is 14.8. The van der Waals surface area contributed by atoms with Crippen molar-refractivity contribution in [2.75, 3.05) is 13.6 Å². The number of hydrogen-bond donors (Lipinski definition) is 2. The van der Waals surface area contributed by atoms with Crippen molar-refractivity contribution in [3.8, 4) is 0 Å². The fourth-order valence-electron chi connectivity index (χ4n) is 1.62. The molecule has 0 saturated heterocycles. The fraction of sp³-hybridized carbons (Fsp3) is 0.571. The van der Waals surface area contributed by atoms with Crippen molar-refractivity contribution >= 4 is 26.0 Å². The smallest absolute Gasteiger partial charge is 0.241 e. The molecule has 0 heterocycles. The molecular weight excluding hydrogens is 340 g/mol. The molecule has 0 aliphatic carbocycles. The SMILES string of the molecule is CNCc1ccc(Br)c(S(=O)(=O)NCC(C)C(C)C)c1. The lowest BCUT2D eigenvalue weighted by Gasteiger charge is -2.17. The van der Waals surface area contributed by atoms with E-state index in [1.165, 1.54) is 0 Å². The van der Waals surface area contributed by atoms with Crippen LogP contribution in [0.2, 0.25) is 0 Å². The first-order chi connectivity index (χ1) is 9.27. The molecule has 0 spiro atoms. The number of halogens is 1. The molecule has 4 nitrogen and oxygen atoms in total. The largest absolute Gasteiger partial charge is 0.316 e. The van der Waals surface area contributed by atoms with Gasteiger partial charge in [0.15, 0.2) is 0 Å². The quantitative estimate of drug-likeness (QED) is 0.783. The Kier molecular flexibility index (Phi) is 6.64. The Labute approximate surface area is 130 Å². The predicted molar refractivity (Wildman–Crippen MR) is 86.1 cm³/mol. The van der Waals surface area contributed by atoms with Gasteiger partial charge in [-0.3, -0.25) is 0 Å². The average molecular weight is 363 g/mol. The van der Waals surface area contributed by atoms with Crippen LogP contribution in [0.1, 0.15) is 26.3 Å². The molecule has 1 aromatic rings. The molecule has 1 aromatic carbocycles. The molecule has 1 unspecified atom stereocenters. The monoisotopic (exact) mass is 362 g/mol. The van der Waals surface area contributed by atoms with Crippen molar-refractivity contribution in [1.82, 2.24) is 10.0 Å². The Morgan fingerprint density at radius 1 is 1.25 bits per heavy atom. The van der Waals surface area contributed by atoms with Gasteiger partial charge < -0.3 is 5.32 Å². The van der Waals surface area contributed by atoms with Crippen molar-refractivity contribution in [3.63, 3.8) is 0 Å². The Bertz CT molecular complexity index is 544. The second-order valence-corrected chi connectivity index (χ2v) is 7.96. The van der Waals surface area contributed by atoms with Crippen LogP contribution in [-0.2, 0) is 16.6 Å². The maximum Gasteiger partial charge on any atom is 0.241 e. The van der Waals surface area contributed by atoms with Gasteiger partial charge >= 0.3 is 0 Å². The van der Waals surface area contributed by atoms with Gasteiger partial charge in [-0.25, -0.2) is 13.1 Å². The number of sulfonamides is 1. The second-order valence-electron chi connectivity index (χ2n) is 5.37. The van der Waals surface area contributed by atoms with E-state index in [1.54, 1.807) is 12.1 Å². The van der Waals surface area contributed by atoms with Crippen LogP contribution < -0.4 is 10.0 Å². The van der Waals surface area contributed by atoms with Crippen LogP contribution in [0.4, 0.5) is 0 Å². The zero-order valence-electron chi connectivity index (χ0n) is 12.4. The average Bonchev–Trinajstić information content (AvgIpc) is 2.38. The molecule has 0 saturated carbocycles. The van der Waals surface area contributed by atoms with Gasteiger partial charge in [0.25, 0.3) is 0 Å². The van der Waals surface area contributed by atoms with E-state index in [0.29, 0.717) is 34.3 Å². The van der Waals surface area contributed by atoms with E-state index < -0.39 is 10.0 Å². The summed E-state index contributed by atoms with van der Waals surface area (Å²) >= 11 is 3.31. The first kappa shape index (κ1) is 17.6. The Balaban J connectivity index is 2.94. The summed E-state index contributed by atoms with van der Waals surface area (Å²) in [5, 5.41) is 3.02. The van der Waals surface area contributed by atoms with Crippen LogP contribution in [0.3, 0.4) is 0 Å². The number of benzene rings is 1. The first-order valence-corrected chi connectivity index (χ1v) is 8.98. The summed E-state index contributed by atoms with van der Waals surface area (Å²) in [6.45, 7) is 7.30. The summed E-state index contributed by atoms with van der Waals surface area (Å²) in [6, 6.07) is 5.37. The molecule has 1 rings (SSSR count). The Hall–Kier alpha value is -0.430. The van der Waals surface area contributed by atoms with Crippen LogP contribution in [0.25, 0.3) is 0 Å². The minimum atomic E-state index is -3.49. The van der Waals surface area contributed by atoms with Gasteiger partial charge in [-0.05, 0) is 52.5 Å². The minimum Gasteiger partial charge on any atom is -0.316 e. The summed E-state index contributed by atoms with van der Waals surface area (Å²) < 4.78 is 28.0. The van der Waals surface area contributed by atoms with Gasteiger partial charge in [-0.15, -0.1) is 0 Å². The molecule has 0 radical (unpaired) electrons. The van der Waals surface area contributed by atoms with Gasteiger partial charge in [0, 0.05) is 17.6 Å². The molecule has 0 amide bonds. The van der Waals surface area contributed by atoms with E-state index in [9.17, 15) is 8.42 Å². The summed E-state index contributed by atoms with van der Waals surface area (Å²) in [6.07, 6.45) is 0. The van der Waals surface area contributed by atoms with Crippen molar-refractivity contribution in [2.45, 2.75) is 32.2 Å². The van der Waals surface area contributed by atoms with E-state index in [0.717, 1.165) is 5.56 Å². The fourth-order valence-corrected chi connectivity index (χ4v) is 3.78. The molecule has 6 heteroatoms. The molecule has 0 fully saturated rings. The highest BCUT2D eigenvalue weighted by Crippen LogP contribution is 2.23. The third kappa shape index (κ3) is 4.84. The van der Waals surface area contributed by atoms with Gasteiger partial charge in [-0.2, -0.15) is 0 Å². The van der Waals surface area contributed by atoms with Crippen LogP contribution in [-0.4, -0.2) is 22.0 Å². The van der Waals surface area contributed by atoms with Crippen molar-refractivity contribution in [1.29, 1.82) is 0 Å². The molecule has 2 N–H and O–H groups in total. The minimum absolute atomic E-state index is 0.293. The standard InChI is InChI=1S/C14H23BrN2O2S/c1-10(2)11(3)8-17-20(18,19)14-7-12(9-16-4)5-6-13(14)15/h5-7,10-11,16-17H,8-9H2,1-4H3. The van der Waals surface area contributed by atoms with Crippen molar-refractivity contribution in [3.05, 3.63) is 28.2 Å². The maximum atomic E-state index is 12.4. The Morgan fingerprint density at radius 3 is 2.45 bits per heavy atom. The molecule has 114 valence electrons. The van der Waals surface area contributed by atoms with Gasteiger partial charge in [0.1, 0.15) is 0 Å². The highest BCUT2D eigenvalue weighted by atomic mass is 79.9. The van der Waals surface area contributed by atoms with Crippen LogP contribution >= 0.6 is 15.9 Å². The lowest BCUT2D eigenvalue weighted by atomic mass is 9.99. The molecule has 0 aliphatic rings. The summed E-state index contributed by atoms with van der Waals surface area (Å²) in [5.74, 6) is 0.737. The van der Waals surface area contributed by atoms with E-state index in [4.69, 9.17) is 0 Å². The summed E-state index contributed by atoms with van der Waals surface area (Å²) in [5.41, 5.74) is 0.938. The van der Waals surface area contributed by atoms with Gasteiger partial charge in [-0.1, -0.05) is 26.8 Å². The van der Waals surface area contributed by atoms with Gasteiger partial charge in [0.05, 0.1) is 4.90 Å². The van der Waals surface area contributed by atoms with Crippen molar-refractivity contribution in [2.24, 2.45) is 11.8 Å². The highest BCUT2D eigenvalue weighted by molar-refractivity contribution is 9.10. The van der Waals surface area contributed by atoms with E-state index in [2.05, 4.69) is 39.8 Å². The normalized spacial score (nSPS) is 13.7. The van der Waals surface area contributed by atoms with Crippen LogP contribution in [0, 0.1) is 11.8 Å². The number of rotatable bonds is 7. The number of nitrogens with one attached hydrogen (secondary N) is 2. The molecule has 0 bridgehead atoms. The van der Waals surface area contributed by atoms with E-state index in [1.807, 2.05) is 20.0 Å². The molecular formula is C14H23BrN2O2S.